The third-order valence-electron chi connectivity index (χ3n) is 3.73. The van der Waals surface area contributed by atoms with E-state index in [4.69, 9.17) is 4.74 Å². The number of nitrogens with one attached hydrogen (secondary N) is 1. The lowest BCUT2D eigenvalue weighted by atomic mass is 10.1. The number of ether oxygens (including phenoxy) is 1. The van der Waals surface area contributed by atoms with Crippen LogP contribution in [0.1, 0.15) is 18.1 Å². The first-order valence-corrected chi connectivity index (χ1v) is 7.57. The lowest BCUT2D eigenvalue weighted by Gasteiger charge is -2.20. The van der Waals surface area contributed by atoms with Gasteiger partial charge in [-0.3, -0.25) is 4.98 Å². The third kappa shape index (κ3) is 3.26. The van der Waals surface area contributed by atoms with E-state index < -0.39 is 0 Å². The molecule has 0 radical (unpaired) electrons. The van der Waals surface area contributed by atoms with E-state index in [1.54, 1.807) is 6.20 Å². The second kappa shape index (κ2) is 7.05. The SMILES string of the molecule is CNCCC(Oc1cncc2ccccc12)c1ccccc1. The molecule has 1 aromatic heterocycles. The predicted molar refractivity (Wildman–Crippen MR) is 90.1 cm³/mol. The van der Waals surface area contributed by atoms with Crippen LogP contribution in [0.15, 0.2) is 67.0 Å². The first kappa shape index (κ1) is 14.5. The number of pyridine rings is 1. The molecule has 3 nitrogen and oxygen atoms in total. The zero-order valence-electron chi connectivity index (χ0n) is 12.7. The lowest BCUT2D eigenvalue weighted by molar-refractivity contribution is 0.197. The summed E-state index contributed by atoms with van der Waals surface area (Å²) < 4.78 is 6.31. The summed E-state index contributed by atoms with van der Waals surface area (Å²) >= 11 is 0. The number of benzene rings is 2. The van der Waals surface area contributed by atoms with Crippen molar-refractivity contribution in [2.75, 3.05) is 13.6 Å². The van der Waals surface area contributed by atoms with Gasteiger partial charge in [-0.25, -0.2) is 0 Å². The van der Waals surface area contributed by atoms with Crippen LogP contribution in [0.4, 0.5) is 0 Å². The molecular formula is C19H20N2O. The lowest BCUT2D eigenvalue weighted by Crippen LogP contribution is -2.16. The van der Waals surface area contributed by atoms with Gasteiger partial charge >= 0.3 is 0 Å². The summed E-state index contributed by atoms with van der Waals surface area (Å²) in [6.07, 6.45) is 4.59. The fraction of sp³-hybridized carbons (Fsp3) is 0.211. The van der Waals surface area contributed by atoms with Crippen LogP contribution in [0.3, 0.4) is 0 Å². The predicted octanol–water partition coefficient (Wildman–Crippen LogP) is 3.96. The van der Waals surface area contributed by atoms with Crippen molar-refractivity contribution in [2.24, 2.45) is 0 Å². The van der Waals surface area contributed by atoms with Crippen molar-refractivity contribution in [3.8, 4) is 5.75 Å². The van der Waals surface area contributed by atoms with Gasteiger partial charge in [-0.1, -0.05) is 54.6 Å². The van der Waals surface area contributed by atoms with Crippen molar-refractivity contribution in [1.29, 1.82) is 0 Å². The minimum Gasteiger partial charge on any atom is -0.483 e. The molecule has 1 atom stereocenters. The monoisotopic (exact) mass is 292 g/mol. The van der Waals surface area contributed by atoms with Crippen LogP contribution < -0.4 is 10.1 Å². The third-order valence-corrected chi connectivity index (χ3v) is 3.73. The Morgan fingerprint density at radius 1 is 1.00 bits per heavy atom. The smallest absolute Gasteiger partial charge is 0.146 e. The van der Waals surface area contributed by atoms with Gasteiger partial charge in [0, 0.05) is 23.4 Å². The average Bonchev–Trinajstić information content (AvgIpc) is 2.59. The quantitative estimate of drug-likeness (QED) is 0.746. The topological polar surface area (TPSA) is 34.1 Å². The van der Waals surface area contributed by atoms with Crippen LogP contribution in [0.25, 0.3) is 10.8 Å². The normalized spacial score (nSPS) is 12.2. The average molecular weight is 292 g/mol. The molecule has 3 heteroatoms. The number of fused-ring (bicyclic) bond motifs is 1. The van der Waals surface area contributed by atoms with E-state index in [1.165, 1.54) is 5.56 Å². The molecule has 0 aliphatic rings. The Balaban J connectivity index is 1.92. The van der Waals surface area contributed by atoms with Gasteiger partial charge in [0.2, 0.25) is 0 Å². The van der Waals surface area contributed by atoms with Crippen molar-refractivity contribution < 1.29 is 4.74 Å². The summed E-state index contributed by atoms with van der Waals surface area (Å²) in [5.41, 5.74) is 1.19. The molecule has 0 aliphatic heterocycles. The van der Waals surface area contributed by atoms with E-state index in [0.717, 1.165) is 29.5 Å². The minimum atomic E-state index is 0.0151. The molecule has 2 aromatic carbocycles. The van der Waals surface area contributed by atoms with Crippen molar-refractivity contribution >= 4 is 10.8 Å². The van der Waals surface area contributed by atoms with Gasteiger partial charge in [0.15, 0.2) is 0 Å². The molecule has 0 aliphatic carbocycles. The van der Waals surface area contributed by atoms with Gasteiger partial charge in [-0.05, 0) is 19.2 Å². The zero-order chi connectivity index (χ0) is 15.2. The van der Waals surface area contributed by atoms with Crippen LogP contribution >= 0.6 is 0 Å². The van der Waals surface area contributed by atoms with Crippen LogP contribution in [0.2, 0.25) is 0 Å². The maximum absolute atomic E-state index is 6.31. The van der Waals surface area contributed by atoms with Crippen LogP contribution in [0.5, 0.6) is 5.75 Å². The van der Waals surface area contributed by atoms with Crippen LogP contribution in [0, 0.1) is 0 Å². The molecule has 0 fully saturated rings. The van der Waals surface area contributed by atoms with Crippen molar-refractivity contribution in [2.45, 2.75) is 12.5 Å². The molecule has 0 bridgehead atoms. The van der Waals surface area contributed by atoms with Gasteiger partial charge < -0.3 is 10.1 Å². The number of hydrogen-bond acceptors (Lipinski definition) is 3. The van der Waals surface area contributed by atoms with Crippen molar-refractivity contribution in [3.05, 3.63) is 72.6 Å². The van der Waals surface area contributed by atoms with E-state index in [0.29, 0.717) is 0 Å². The van der Waals surface area contributed by atoms with Crippen LogP contribution in [-0.4, -0.2) is 18.6 Å². The fourth-order valence-corrected chi connectivity index (χ4v) is 2.57. The molecule has 0 saturated carbocycles. The number of aromatic nitrogens is 1. The Kier molecular flexibility index (Phi) is 4.66. The van der Waals surface area contributed by atoms with Crippen molar-refractivity contribution in [3.63, 3.8) is 0 Å². The second-order valence-corrected chi connectivity index (χ2v) is 5.27. The number of nitrogens with zero attached hydrogens (tertiary/aromatic N) is 1. The maximum atomic E-state index is 6.31. The zero-order valence-corrected chi connectivity index (χ0v) is 12.7. The van der Waals surface area contributed by atoms with Gasteiger partial charge in [-0.15, -0.1) is 0 Å². The Bertz CT molecular complexity index is 722. The highest BCUT2D eigenvalue weighted by Gasteiger charge is 2.14. The summed E-state index contributed by atoms with van der Waals surface area (Å²) in [4.78, 5) is 4.30. The molecule has 1 unspecified atom stereocenters. The molecule has 22 heavy (non-hydrogen) atoms. The van der Waals surface area contributed by atoms with Gasteiger partial charge in [0.1, 0.15) is 11.9 Å². The fourth-order valence-electron chi connectivity index (χ4n) is 2.57. The molecule has 3 rings (SSSR count). The summed E-state index contributed by atoms with van der Waals surface area (Å²) in [5, 5.41) is 5.39. The summed E-state index contributed by atoms with van der Waals surface area (Å²) in [6, 6.07) is 18.5. The molecule has 1 heterocycles. The highest BCUT2D eigenvalue weighted by Crippen LogP contribution is 2.30. The summed E-state index contributed by atoms with van der Waals surface area (Å²) in [7, 11) is 1.96. The Morgan fingerprint density at radius 3 is 2.59 bits per heavy atom. The van der Waals surface area contributed by atoms with Gasteiger partial charge in [-0.2, -0.15) is 0 Å². The van der Waals surface area contributed by atoms with Gasteiger partial charge in [0.25, 0.3) is 0 Å². The minimum absolute atomic E-state index is 0.0151. The first-order valence-electron chi connectivity index (χ1n) is 7.57. The second-order valence-electron chi connectivity index (χ2n) is 5.27. The molecule has 1 N–H and O–H groups in total. The highest BCUT2D eigenvalue weighted by atomic mass is 16.5. The maximum Gasteiger partial charge on any atom is 0.146 e. The van der Waals surface area contributed by atoms with E-state index in [1.807, 2.05) is 43.6 Å². The molecule has 0 spiro atoms. The summed E-state index contributed by atoms with van der Waals surface area (Å²) in [5.74, 6) is 0.836. The molecule has 0 amide bonds. The first-order chi connectivity index (χ1) is 10.9. The van der Waals surface area contributed by atoms with E-state index in [9.17, 15) is 0 Å². The molecular weight excluding hydrogens is 272 g/mol. The molecule has 0 saturated heterocycles. The molecule has 3 aromatic rings. The standard InChI is InChI=1S/C19H20N2O/c1-20-12-11-18(15-7-3-2-4-8-15)22-19-14-21-13-16-9-5-6-10-17(16)19/h2-10,13-14,18,20H,11-12H2,1H3. The summed E-state index contributed by atoms with van der Waals surface area (Å²) in [6.45, 7) is 0.901. The Labute approximate surface area is 131 Å². The van der Waals surface area contributed by atoms with Gasteiger partial charge in [0.05, 0.1) is 6.20 Å². The van der Waals surface area contributed by atoms with E-state index in [2.05, 4.69) is 34.6 Å². The number of rotatable bonds is 6. The van der Waals surface area contributed by atoms with Crippen molar-refractivity contribution in [1.82, 2.24) is 10.3 Å². The number of hydrogen-bond donors (Lipinski definition) is 1. The Morgan fingerprint density at radius 2 is 1.77 bits per heavy atom. The van der Waals surface area contributed by atoms with Crippen LogP contribution in [-0.2, 0) is 0 Å². The Hall–Kier alpha value is -2.39. The molecule has 112 valence electrons. The highest BCUT2D eigenvalue weighted by molar-refractivity contribution is 5.87. The largest absolute Gasteiger partial charge is 0.483 e. The van der Waals surface area contributed by atoms with E-state index >= 15 is 0 Å². The van der Waals surface area contributed by atoms with E-state index in [-0.39, 0.29) is 6.10 Å².